The molecule has 1 aromatic carbocycles. The second-order valence-corrected chi connectivity index (χ2v) is 12.7. The van der Waals surface area contributed by atoms with E-state index in [1.54, 1.807) is 7.11 Å². The van der Waals surface area contributed by atoms with Crippen LogP contribution in [0.15, 0.2) is 52.7 Å². The summed E-state index contributed by atoms with van der Waals surface area (Å²) in [6.07, 6.45) is 7.98. The Morgan fingerprint density at radius 1 is 1.10 bits per heavy atom. The largest absolute Gasteiger partial charge is 0.499 e. The summed E-state index contributed by atoms with van der Waals surface area (Å²) >= 11 is 0. The van der Waals surface area contributed by atoms with Gasteiger partial charge in [-0.3, -0.25) is 4.79 Å². The van der Waals surface area contributed by atoms with Gasteiger partial charge in [0.15, 0.2) is 0 Å². The van der Waals surface area contributed by atoms with Gasteiger partial charge in [0.2, 0.25) is 5.75 Å². The van der Waals surface area contributed by atoms with Crippen LogP contribution in [-0.4, -0.2) is 69.5 Å². The molecule has 40 heavy (non-hydrogen) atoms. The molecule has 2 heterocycles. The molecule has 0 amide bonds. The van der Waals surface area contributed by atoms with Crippen molar-refractivity contribution in [2.75, 3.05) is 50.5 Å². The summed E-state index contributed by atoms with van der Waals surface area (Å²) < 4.78 is 55.3. The Hall–Kier alpha value is -3.09. The maximum Gasteiger partial charge on any atom is 0.316 e. The molecular formula is C28H35F2N5O4S. The number of nitrogens with two attached hydrogens (primary N) is 1. The SMILES string of the molecule is COC1=CC(CS(=O)N2CCN(c3cnn(-c4cc(F)cc(F)c4)c(=O)c3OCC3(C)CC3)CC2)=CCC1(C)N. The zero-order valence-corrected chi connectivity index (χ0v) is 23.8. The van der Waals surface area contributed by atoms with Crippen LogP contribution in [0.5, 0.6) is 5.75 Å². The van der Waals surface area contributed by atoms with Gasteiger partial charge < -0.3 is 20.1 Å². The number of allylic oxidation sites excluding steroid dienone is 1. The van der Waals surface area contributed by atoms with Gasteiger partial charge in [-0.1, -0.05) is 13.0 Å². The Morgan fingerprint density at radius 2 is 1.77 bits per heavy atom. The van der Waals surface area contributed by atoms with Crippen molar-refractivity contribution < 1.29 is 22.5 Å². The number of methoxy groups -OCH3 is 1. The molecule has 2 aromatic rings. The summed E-state index contributed by atoms with van der Waals surface area (Å²) in [4.78, 5) is 15.5. The molecule has 1 aromatic heterocycles. The minimum Gasteiger partial charge on any atom is -0.499 e. The highest BCUT2D eigenvalue weighted by molar-refractivity contribution is 7.82. The smallest absolute Gasteiger partial charge is 0.316 e. The van der Waals surface area contributed by atoms with Crippen molar-refractivity contribution in [3.8, 4) is 11.4 Å². The van der Waals surface area contributed by atoms with Crippen molar-refractivity contribution in [3.05, 3.63) is 69.9 Å². The first-order valence-corrected chi connectivity index (χ1v) is 14.6. The van der Waals surface area contributed by atoms with Crippen LogP contribution in [0.2, 0.25) is 0 Å². The van der Waals surface area contributed by atoms with Gasteiger partial charge in [0, 0.05) is 37.7 Å². The van der Waals surface area contributed by atoms with E-state index >= 15 is 0 Å². The lowest BCUT2D eigenvalue weighted by atomic mass is 9.90. The van der Waals surface area contributed by atoms with Gasteiger partial charge >= 0.3 is 5.56 Å². The second-order valence-electron chi connectivity index (χ2n) is 11.3. The standard InChI is InChI=1S/C28H35F2N5O4S/c1-27(6-7-27)18-39-25-23(16-32-35(26(25)36)22-14-20(29)13-21(30)15-22)33-8-10-34(11-9-33)40(37)17-19-4-5-28(2,31)24(12-19)38-3/h4,12-16H,5-11,17-18,31H2,1-3H3. The number of anilines is 1. The van der Waals surface area contributed by atoms with E-state index in [0.29, 0.717) is 56.4 Å². The summed E-state index contributed by atoms with van der Waals surface area (Å²) in [6, 6.07) is 2.85. The van der Waals surface area contributed by atoms with Crippen LogP contribution in [-0.2, 0) is 15.7 Å². The van der Waals surface area contributed by atoms with Gasteiger partial charge in [-0.15, -0.1) is 0 Å². The van der Waals surface area contributed by atoms with Crippen LogP contribution in [0.1, 0.15) is 33.1 Å². The summed E-state index contributed by atoms with van der Waals surface area (Å²) in [5.74, 6) is -0.489. The average molecular weight is 576 g/mol. The first-order valence-electron chi connectivity index (χ1n) is 13.3. The van der Waals surface area contributed by atoms with Crippen molar-refractivity contribution in [3.63, 3.8) is 0 Å². The molecule has 12 heteroatoms. The van der Waals surface area contributed by atoms with Crippen LogP contribution in [0.3, 0.4) is 0 Å². The molecule has 1 saturated carbocycles. The number of ether oxygens (including phenoxy) is 2. The van der Waals surface area contributed by atoms with Crippen LogP contribution in [0.25, 0.3) is 5.69 Å². The Balaban J connectivity index is 1.32. The Kier molecular flexibility index (Phi) is 7.86. The molecule has 1 aliphatic heterocycles. The molecule has 0 spiro atoms. The van der Waals surface area contributed by atoms with Gasteiger partial charge in [-0.05, 0) is 50.0 Å². The van der Waals surface area contributed by atoms with Crippen molar-refractivity contribution >= 4 is 16.7 Å². The predicted octanol–water partition coefficient (Wildman–Crippen LogP) is 3.05. The Labute approximate surface area is 234 Å². The maximum absolute atomic E-state index is 13.9. The first-order chi connectivity index (χ1) is 19.0. The molecule has 216 valence electrons. The van der Waals surface area contributed by atoms with E-state index in [1.807, 2.05) is 28.3 Å². The van der Waals surface area contributed by atoms with E-state index in [9.17, 15) is 17.8 Å². The molecule has 1 saturated heterocycles. The first kappa shape index (κ1) is 28.4. The number of halogens is 2. The molecule has 2 N–H and O–H groups in total. The molecule has 2 fully saturated rings. The quantitative estimate of drug-likeness (QED) is 0.490. The number of hydrogen-bond donors (Lipinski definition) is 1. The van der Waals surface area contributed by atoms with Crippen LogP contribution in [0.4, 0.5) is 14.5 Å². The van der Waals surface area contributed by atoms with Crippen molar-refractivity contribution in [2.24, 2.45) is 11.1 Å². The molecule has 3 aliphatic rings. The van der Waals surface area contributed by atoms with Crippen LogP contribution < -0.4 is 20.9 Å². The third-order valence-corrected chi connectivity index (χ3v) is 9.24. The van der Waals surface area contributed by atoms with E-state index in [2.05, 4.69) is 12.0 Å². The third kappa shape index (κ3) is 6.13. The summed E-state index contributed by atoms with van der Waals surface area (Å²) in [5.41, 5.74) is 6.52. The van der Waals surface area contributed by atoms with Gasteiger partial charge in [0.25, 0.3) is 0 Å². The van der Waals surface area contributed by atoms with E-state index < -0.39 is 33.7 Å². The minimum atomic E-state index is -1.25. The average Bonchev–Trinajstić information content (AvgIpc) is 3.65. The van der Waals surface area contributed by atoms with Crippen molar-refractivity contribution in [1.29, 1.82) is 0 Å². The minimum absolute atomic E-state index is 0.00460. The topological polar surface area (TPSA) is 103 Å². The number of aromatic nitrogens is 2. The fourth-order valence-corrected chi connectivity index (χ4v) is 6.07. The molecule has 5 rings (SSSR count). The molecule has 2 unspecified atom stereocenters. The van der Waals surface area contributed by atoms with Gasteiger partial charge in [-0.2, -0.15) is 9.78 Å². The zero-order chi connectivity index (χ0) is 28.7. The van der Waals surface area contributed by atoms with Crippen molar-refractivity contribution in [2.45, 2.75) is 38.6 Å². The number of benzene rings is 1. The molecule has 2 atom stereocenters. The maximum atomic E-state index is 13.9. The van der Waals surface area contributed by atoms with Crippen LogP contribution in [0, 0.1) is 17.0 Å². The van der Waals surface area contributed by atoms with Crippen LogP contribution >= 0.6 is 0 Å². The summed E-state index contributed by atoms with van der Waals surface area (Å²) in [7, 11) is 0.333. The number of piperazine rings is 1. The molecule has 0 radical (unpaired) electrons. The lowest BCUT2D eigenvalue weighted by molar-refractivity contribution is 0.226. The van der Waals surface area contributed by atoms with Crippen molar-refractivity contribution in [1.82, 2.24) is 14.1 Å². The molecular weight excluding hydrogens is 540 g/mol. The second kappa shape index (κ2) is 11.1. The highest BCUT2D eigenvalue weighted by Crippen LogP contribution is 2.45. The fourth-order valence-electron chi connectivity index (χ4n) is 4.83. The van der Waals surface area contributed by atoms with E-state index in [1.165, 1.54) is 6.20 Å². The normalized spacial score (nSPS) is 23.3. The fraction of sp³-hybridized carbons (Fsp3) is 0.500. The molecule has 0 bridgehead atoms. The highest BCUT2D eigenvalue weighted by Gasteiger charge is 2.39. The Morgan fingerprint density at radius 3 is 2.40 bits per heavy atom. The zero-order valence-electron chi connectivity index (χ0n) is 23.0. The third-order valence-electron chi connectivity index (χ3n) is 7.72. The Bertz CT molecular complexity index is 1410. The number of nitrogens with zero attached hydrogens (tertiary/aromatic N) is 4. The summed E-state index contributed by atoms with van der Waals surface area (Å²) in [5, 5.41) is 4.22. The van der Waals surface area contributed by atoms with E-state index in [-0.39, 0.29) is 16.9 Å². The molecule has 9 nitrogen and oxygen atoms in total. The lowest BCUT2D eigenvalue weighted by Crippen LogP contribution is -2.48. The van der Waals surface area contributed by atoms with E-state index in [4.69, 9.17) is 15.2 Å². The summed E-state index contributed by atoms with van der Waals surface area (Å²) in [6.45, 7) is 6.35. The van der Waals surface area contributed by atoms with E-state index in [0.717, 1.165) is 41.3 Å². The molecule has 2 aliphatic carbocycles. The number of hydrogen-bond acceptors (Lipinski definition) is 7. The number of rotatable bonds is 9. The van der Waals surface area contributed by atoms with Gasteiger partial charge in [0.05, 0.1) is 47.9 Å². The predicted molar refractivity (Wildman–Crippen MR) is 150 cm³/mol. The highest BCUT2D eigenvalue weighted by atomic mass is 32.2. The monoisotopic (exact) mass is 575 g/mol. The van der Waals surface area contributed by atoms with Gasteiger partial charge in [-0.25, -0.2) is 17.3 Å². The lowest BCUT2D eigenvalue weighted by Gasteiger charge is -2.36. The van der Waals surface area contributed by atoms with Gasteiger partial charge in [0.1, 0.15) is 23.1 Å².